The van der Waals surface area contributed by atoms with E-state index in [1.807, 2.05) is 25.1 Å². The average Bonchev–Trinajstić information content (AvgIpc) is 3.18. The molecule has 0 saturated carbocycles. The van der Waals surface area contributed by atoms with E-state index in [-0.39, 0.29) is 6.42 Å². The molecule has 0 bridgehead atoms. The van der Waals surface area contributed by atoms with Gasteiger partial charge in [0.2, 0.25) is 0 Å². The molecule has 1 atom stereocenters. The molecule has 150 valence electrons. The van der Waals surface area contributed by atoms with Crippen molar-refractivity contribution >= 4 is 28.9 Å². The SMILES string of the molecule is CCOc1ccccc1NC(=O)[C@@H](C)OC(=O)Cc1csc(-c2cccnc2)n1. The molecule has 0 aliphatic heterocycles. The lowest BCUT2D eigenvalue weighted by molar-refractivity contribution is -0.152. The van der Waals surface area contributed by atoms with Gasteiger partial charge in [0.25, 0.3) is 5.91 Å². The summed E-state index contributed by atoms with van der Waals surface area (Å²) in [5.41, 5.74) is 2.01. The lowest BCUT2D eigenvalue weighted by Crippen LogP contribution is -2.30. The Hall–Kier alpha value is -3.26. The third-order valence-corrected chi connectivity index (χ3v) is 4.85. The van der Waals surface area contributed by atoms with Gasteiger partial charge < -0.3 is 14.8 Å². The second-order valence-electron chi connectivity index (χ2n) is 6.11. The molecule has 0 saturated heterocycles. The summed E-state index contributed by atoms with van der Waals surface area (Å²) in [6, 6.07) is 10.8. The van der Waals surface area contributed by atoms with Crippen LogP contribution in [0, 0.1) is 0 Å². The highest BCUT2D eigenvalue weighted by molar-refractivity contribution is 7.13. The third kappa shape index (κ3) is 5.61. The predicted molar refractivity (Wildman–Crippen MR) is 111 cm³/mol. The molecule has 0 aliphatic carbocycles. The highest BCUT2D eigenvalue weighted by Crippen LogP contribution is 2.24. The summed E-state index contributed by atoms with van der Waals surface area (Å²) in [4.78, 5) is 33.1. The first-order chi connectivity index (χ1) is 14.1. The van der Waals surface area contributed by atoms with Crippen LogP contribution in [0.1, 0.15) is 19.5 Å². The number of para-hydroxylation sites is 2. The van der Waals surface area contributed by atoms with Crippen LogP contribution in [0.15, 0.2) is 54.2 Å². The fraction of sp³-hybridized carbons (Fsp3) is 0.238. The van der Waals surface area contributed by atoms with Crippen LogP contribution < -0.4 is 10.1 Å². The van der Waals surface area contributed by atoms with Gasteiger partial charge >= 0.3 is 5.97 Å². The topological polar surface area (TPSA) is 90.4 Å². The minimum atomic E-state index is -0.950. The minimum absolute atomic E-state index is 0.0100. The molecule has 1 aromatic carbocycles. The van der Waals surface area contributed by atoms with Gasteiger partial charge in [-0.1, -0.05) is 12.1 Å². The maximum absolute atomic E-state index is 12.4. The van der Waals surface area contributed by atoms with E-state index in [0.29, 0.717) is 23.7 Å². The first kappa shape index (κ1) is 20.5. The van der Waals surface area contributed by atoms with E-state index in [1.54, 1.807) is 36.0 Å². The molecule has 3 aromatic rings. The van der Waals surface area contributed by atoms with E-state index in [2.05, 4.69) is 15.3 Å². The Labute approximate surface area is 172 Å². The lowest BCUT2D eigenvalue weighted by atomic mass is 10.2. The molecule has 0 radical (unpaired) electrons. The van der Waals surface area contributed by atoms with Crippen molar-refractivity contribution in [1.82, 2.24) is 9.97 Å². The number of anilines is 1. The number of esters is 1. The van der Waals surface area contributed by atoms with E-state index in [4.69, 9.17) is 9.47 Å². The van der Waals surface area contributed by atoms with Crippen LogP contribution in [0.5, 0.6) is 5.75 Å². The van der Waals surface area contributed by atoms with E-state index in [0.717, 1.165) is 10.6 Å². The molecule has 0 spiro atoms. The summed E-state index contributed by atoms with van der Waals surface area (Å²) in [7, 11) is 0. The predicted octanol–water partition coefficient (Wildman–Crippen LogP) is 3.72. The monoisotopic (exact) mass is 411 g/mol. The number of ether oxygens (including phenoxy) is 2. The Morgan fingerprint density at radius 2 is 2.03 bits per heavy atom. The molecular formula is C21H21N3O4S. The Kier molecular flexibility index (Phi) is 6.91. The van der Waals surface area contributed by atoms with Gasteiger partial charge in [0.1, 0.15) is 10.8 Å². The van der Waals surface area contributed by atoms with Crippen molar-refractivity contribution in [2.45, 2.75) is 26.4 Å². The highest BCUT2D eigenvalue weighted by atomic mass is 32.1. The summed E-state index contributed by atoms with van der Waals surface area (Å²) in [5.74, 6) is -0.388. The van der Waals surface area contributed by atoms with Crippen molar-refractivity contribution < 1.29 is 19.1 Å². The van der Waals surface area contributed by atoms with Gasteiger partial charge in [0, 0.05) is 23.3 Å². The van der Waals surface area contributed by atoms with Gasteiger partial charge in [-0.25, -0.2) is 4.98 Å². The molecule has 2 heterocycles. The summed E-state index contributed by atoms with van der Waals surface area (Å²) in [6.45, 7) is 3.87. The minimum Gasteiger partial charge on any atom is -0.492 e. The highest BCUT2D eigenvalue weighted by Gasteiger charge is 2.20. The molecule has 3 rings (SSSR count). The number of pyridine rings is 1. The van der Waals surface area contributed by atoms with Gasteiger partial charge in [0.05, 0.1) is 24.4 Å². The Morgan fingerprint density at radius 1 is 1.21 bits per heavy atom. The number of carbonyl (C=O) groups is 2. The molecule has 0 unspecified atom stereocenters. The van der Waals surface area contributed by atoms with Crippen molar-refractivity contribution in [3.63, 3.8) is 0 Å². The summed E-state index contributed by atoms with van der Waals surface area (Å²) >= 11 is 1.43. The maximum atomic E-state index is 12.4. The van der Waals surface area contributed by atoms with Crippen LogP contribution in [-0.2, 0) is 20.7 Å². The Morgan fingerprint density at radius 3 is 2.79 bits per heavy atom. The number of rotatable bonds is 8. The normalized spacial score (nSPS) is 11.5. The van der Waals surface area contributed by atoms with Crippen LogP contribution in [-0.4, -0.2) is 34.6 Å². The molecule has 7 nitrogen and oxygen atoms in total. The van der Waals surface area contributed by atoms with Gasteiger partial charge in [-0.2, -0.15) is 0 Å². The van der Waals surface area contributed by atoms with Crippen LogP contribution >= 0.6 is 11.3 Å². The zero-order valence-electron chi connectivity index (χ0n) is 16.1. The van der Waals surface area contributed by atoms with Gasteiger partial charge in [-0.3, -0.25) is 14.6 Å². The van der Waals surface area contributed by atoms with Crippen LogP contribution in [0.4, 0.5) is 5.69 Å². The fourth-order valence-electron chi connectivity index (χ4n) is 2.54. The molecular weight excluding hydrogens is 390 g/mol. The largest absolute Gasteiger partial charge is 0.492 e. The zero-order chi connectivity index (χ0) is 20.6. The van der Waals surface area contributed by atoms with E-state index in [9.17, 15) is 9.59 Å². The first-order valence-corrected chi connectivity index (χ1v) is 10.0. The van der Waals surface area contributed by atoms with Crippen LogP contribution in [0.3, 0.4) is 0 Å². The number of nitrogens with zero attached hydrogens (tertiary/aromatic N) is 2. The molecule has 1 N–H and O–H groups in total. The van der Waals surface area contributed by atoms with Gasteiger partial charge in [0.15, 0.2) is 6.10 Å². The van der Waals surface area contributed by atoms with Gasteiger partial charge in [-0.15, -0.1) is 11.3 Å². The number of hydrogen-bond acceptors (Lipinski definition) is 7. The van der Waals surface area contributed by atoms with Crippen molar-refractivity contribution in [1.29, 1.82) is 0 Å². The van der Waals surface area contributed by atoms with Crippen molar-refractivity contribution in [2.75, 3.05) is 11.9 Å². The number of aromatic nitrogens is 2. The van der Waals surface area contributed by atoms with E-state index in [1.165, 1.54) is 18.3 Å². The number of hydrogen-bond donors (Lipinski definition) is 1. The molecule has 0 fully saturated rings. The molecule has 8 heteroatoms. The van der Waals surface area contributed by atoms with Crippen LogP contribution in [0.2, 0.25) is 0 Å². The second-order valence-corrected chi connectivity index (χ2v) is 6.97. The summed E-state index contributed by atoms with van der Waals surface area (Å²) in [6.07, 6.45) is 2.44. The summed E-state index contributed by atoms with van der Waals surface area (Å²) < 4.78 is 10.7. The smallest absolute Gasteiger partial charge is 0.312 e. The third-order valence-electron chi connectivity index (χ3n) is 3.91. The van der Waals surface area contributed by atoms with Crippen LogP contribution in [0.25, 0.3) is 10.6 Å². The number of benzene rings is 1. The lowest BCUT2D eigenvalue weighted by Gasteiger charge is -2.15. The van der Waals surface area contributed by atoms with Crippen molar-refractivity contribution in [3.05, 3.63) is 59.9 Å². The summed E-state index contributed by atoms with van der Waals surface area (Å²) in [5, 5.41) is 5.30. The Bertz CT molecular complexity index is 975. The van der Waals surface area contributed by atoms with Gasteiger partial charge in [-0.05, 0) is 38.1 Å². The fourth-order valence-corrected chi connectivity index (χ4v) is 3.35. The number of nitrogens with one attached hydrogen (secondary N) is 1. The number of carbonyl (C=O) groups excluding carboxylic acids is 2. The standard InChI is InChI=1S/C21H21N3O4S/c1-3-27-18-9-5-4-8-17(18)24-20(26)14(2)28-19(25)11-16-13-29-21(23-16)15-7-6-10-22-12-15/h4-10,12-14H,3,11H2,1-2H3,(H,24,26)/t14-/m1/s1. The Balaban J connectivity index is 1.55. The molecule has 2 aromatic heterocycles. The van der Waals surface area contributed by atoms with E-state index < -0.39 is 18.0 Å². The quantitative estimate of drug-likeness (QED) is 0.568. The first-order valence-electron chi connectivity index (χ1n) is 9.13. The second kappa shape index (κ2) is 9.79. The number of amides is 1. The van der Waals surface area contributed by atoms with E-state index >= 15 is 0 Å². The molecule has 29 heavy (non-hydrogen) atoms. The molecule has 0 aliphatic rings. The number of thiazole rings is 1. The molecule has 1 amide bonds. The van der Waals surface area contributed by atoms with Crippen molar-refractivity contribution in [2.24, 2.45) is 0 Å². The average molecular weight is 411 g/mol. The zero-order valence-corrected chi connectivity index (χ0v) is 16.9. The maximum Gasteiger partial charge on any atom is 0.312 e. The van der Waals surface area contributed by atoms with Crippen molar-refractivity contribution in [3.8, 4) is 16.3 Å².